The molecular formula is C30H45NO3. The van der Waals surface area contributed by atoms with E-state index in [1.54, 1.807) is 0 Å². The third kappa shape index (κ3) is 2.49. The molecule has 7 aliphatic rings. The predicted molar refractivity (Wildman–Crippen MR) is 132 cm³/mol. The van der Waals surface area contributed by atoms with Crippen LogP contribution in [0.4, 0.5) is 0 Å². The smallest absolute Gasteiger partial charge is 0.155 e. The number of fused-ring (bicyclic) bond motifs is 6. The standard InChI is InChI=1S/C30H45NO3/c1-18-13-25-26(31(16-18)11-12-32)19(2)30(34-25)10-8-23-22-6-5-20-14-21(33)7-9-27(20,3)24(22)15-29(23)17-28(29,30)4/h14,18-19,22-26,32H,5-13,15-17H2,1-4H3/t18-,19+,22-,23-,24-,25+,26-,27-,28?,29?,30?/m0/s1. The third-order valence-electron chi connectivity index (χ3n) is 13.2. The zero-order valence-electron chi connectivity index (χ0n) is 21.8. The predicted octanol–water partition coefficient (Wildman–Crippen LogP) is 4.99. The summed E-state index contributed by atoms with van der Waals surface area (Å²) in [5, 5.41) is 9.79. The number of allylic oxidation sites excluding steroid dienone is 2. The molecule has 0 amide bonds. The van der Waals surface area contributed by atoms with Crippen molar-refractivity contribution in [1.82, 2.24) is 4.90 Å². The Hall–Kier alpha value is -0.710. The Kier molecular flexibility index (Phi) is 4.62. The molecule has 11 atom stereocenters. The zero-order valence-corrected chi connectivity index (χ0v) is 21.8. The normalized spacial score (nSPS) is 58.0. The number of likely N-dealkylation sites (tertiary alicyclic amines) is 1. The number of nitrogens with zero attached hydrogens (tertiary/aromatic N) is 1. The van der Waals surface area contributed by atoms with Crippen molar-refractivity contribution in [3.8, 4) is 0 Å². The minimum atomic E-state index is 0.00615. The highest BCUT2D eigenvalue weighted by atomic mass is 16.5. The van der Waals surface area contributed by atoms with Crippen molar-refractivity contribution >= 4 is 5.78 Å². The third-order valence-corrected chi connectivity index (χ3v) is 13.2. The highest BCUT2D eigenvalue weighted by Gasteiger charge is 2.84. The molecule has 3 unspecified atom stereocenters. The number of aliphatic hydroxyl groups excluding tert-OH is 1. The number of ether oxygens (including phenoxy) is 1. The van der Waals surface area contributed by atoms with Gasteiger partial charge in [-0.3, -0.25) is 9.69 Å². The maximum Gasteiger partial charge on any atom is 0.155 e. The van der Waals surface area contributed by atoms with Crippen LogP contribution in [-0.2, 0) is 9.53 Å². The van der Waals surface area contributed by atoms with E-state index in [0.717, 1.165) is 50.1 Å². The monoisotopic (exact) mass is 467 g/mol. The van der Waals surface area contributed by atoms with Crippen LogP contribution in [0.5, 0.6) is 0 Å². The van der Waals surface area contributed by atoms with Gasteiger partial charge in [0.25, 0.3) is 0 Å². The zero-order chi connectivity index (χ0) is 23.7. The van der Waals surface area contributed by atoms with Gasteiger partial charge in [-0.2, -0.15) is 0 Å². The Morgan fingerprint density at radius 1 is 1.15 bits per heavy atom. The molecule has 0 aromatic heterocycles. The Balaban J connectivity index is 1.23. The number of piperidine rings is 1. The van der Waals surface area contributed by atoms with E-state index in [4.69, 9.17) is 4.74 Å². The van der Waals surface area contributed by atoms with Crippen LogP contribution in [0, 0.1) is 45.8 Å². The highest BCUT2D eigenvalue weighted by Crippen LogP contribution is 2.87. The van der Waals surface area contributed by atoms with Crippen LogP contribution in [-0.4, -0.2) is 53.2 Å². The van der Waals surface area contributed by atoms with Crippen LogP contribution in [0.2, 0.25) is 0 Å². The second-order valence-electron chi connectivity index (χ2n) is 14.3. The SMILES string of the molecule is C[C@H]1C[C@H]2OC3(CC[C@H]4[C@@H]5CCC6=CC(=O)CC[C@]6(C)[C@H]5CC45CC53C)[C@H](C)[C@@H]2N(CCO)C1. The van der Waals surface area contributed by atoms with Gasteiger partial charge in [0.1, 0.15) is 0 Å². The summed E-state index contributed by atoms with van der Waals surface area (Å²) in [5.41, 5.74) is 2.49. The van der Waals surface area contributed by atoms with Gasteiger partial charge < -0.3 is 9.84 Å². The van der Waals surface area contributed by atoms with Crippen molar-refractivity contribution < 1.29 is 14.6 Å². The maximum atomic E-state index is 12.2. The Morgan fingerprint density at radius 3 is 2.76 bits per heavy atom. The van der Waals surface area contributed by atoms with Gasteiger partial charge in [-0.05, 0) is 91.9 Å². The lowest BCUT2D eigenvalue weighted by Crippen LogP contribution is -2.54. The van der Waals surface area contributed by atoms with Crippen LogP contribution in [0.3, 0.4) is 0 Å². The minimum Gasteiger partial charge on any atom is -0.395 e. The number of β-amino-alcohol motifs (C(OH)–C–C–N with tert-alkyl or cyclic N) is 1. The van der Waals surface area contributed by atoms with Crippen LogP contribution >= 0.6 is 0 Å². The molecule has 0 bridgehead atoms. The van der Waals surface area contributed by atoms with Crippen molar-refractivity contribution in [3.05, 3.63) is 11.6 Å². The first-order valence-corrected chi connectivity index (χ1v) is 14.5. The molecule has 2 heterocycles. The van der Waals surface area contributed by atoms with E-state index in [-0.39, 0.29) is 23.0 Å². The number of carbonyl (C=O) groups excluding carboxylic acids is 1. The number of hydrogen-bond donors (Lipinski definition) is 1. The summed E-state index contributed by atoms with van der Waals surface area (Å²) >= 11 is 0. The van der Waals surface area contributed by atoms with Gasteiger partial charge in [0.05, 0.1) is 18.3 Å². The van der Waals surface area contributed by atoms with E-state index in [9.17, 15) is 9.90 Å². The van der Waals surface area contributed by atoms with Crippen molar-refractivity contribution in [2.45, 2.75) is 103 Å². The molecule has 2 spiro atoms. The number of aliphatic hydroxyl groups is 1. The van der Waals surface area contributed by atoms with Crippen LogP contribution < -0.4 is 0 Å². The van der Waals surface area contributed by atoms with Crippen LogP contribution in [0.15, 0.2) is 11.6 Å². The fourth-order valence-electron chi connectivity index (χ4n) is 11.8. The second kappa shape index (κ2) is 6.98. The molecule has 7 rings (SSSR count). The molecule has 6 fully saturated rings. The van der Waals surface area contributed by atoms with Gasteiger partial charge >= 0.3 is 0 Å². The van der Waals surface area contributed by atoms with Crippen LogP contribution in [0.1, 0.15) is 85.5 Å². The molecule has 4 nitrogen and oxygen atoms in total. The average molecular weight is 468 g/mol. The Morgan fingerprint density at radius 2 is 1.97 bits per heavy atom. The Bertz CT molecular complexity index is 945. The summed E-state index contributed by atoms with van der Waals surface area (Å²) in [7, 11) is 0. The van der Waals surface area contributed by atoms with E-state index in [0.29, 0.717) is 35.2 Å². The number of rotatable bonds is 2. The van der Waals surface area contributed by atoms with E-state index >= 15 is 0 Å². The van der Waals surface area contributed by atoms with E-state index in [1.165, 1.54) is 44.1 Å². The summed E-state index contributed by atoms with van der Waals surface area (Å²) in [6.07, 6.45) is 13.1. The molecule has 4 heteroatoms. The molecular weight excluding hydrogens is 422 g/mol. The van der Waals surface area contributed by atoms with Gasteiger partial charge in [-0.25, -0.2) is 0 Å². The molecule has 5 aliphatic carbocycles. The topological polar surface area (TPSA) is 49.8 Å². The molecule has 2 saturated heterocycles. The van der Waals surface area contributed by atoms with Gasteiger partial charge in [0.15, 0.2) is 5.78 Å². The highest BCUT2D eigenvalue weighted by molar-refractivity contribution is 5.91. The number of ketones is 1. The van der Waals surface area contributed by atoms with Crippen molar-refractivity contribution in [2.75, 3.05) is 19.7 Å². The molecule has 0 aromatic rings. The second-order valence-corrected chi connectivity index (χ2v) is 14.3. The fourth-order valence-corrected chi connectivity index (χ4v) is 11.8. The van der Waals surface area contributed by atoms with Crippen molar-refractivity contribution in [1.29, 1.82) is 0 Å². The fraction of sp³-hybridized carbons (Fsp3) is 0.900. The van der Waals surface area contributed by atoms with Crippen LogP contribution in [0.25, 0.3) is 0 Å². The summed E-state index contributed by atoms with van der Waals surface area (Å²) < 4.78 is 7.33. The maximum absolute atomic E-state index is 12.2. The van der Waals surface area contributed by atoms with E-state index < -0.39 is 0 Å². The van der Waals surface area contributed by atoms with Crippen molar-refractivity contribution in [2.24, 2.45) is 45.8 Å². The first-order chi connectivity index (χ1) is 16.2. The molecule has 34 heavy (non-hydrogen) atoms. The quantitative estimate of drug-likeness (QED) is 0.621. The van der Waals surface area contributed by atoms with Gasteiger partial charge in [-0.15, -0.1) is 0 Å². The lowest BCUT2D eigenvalue weighted by Gasteiger charge is -2.50. The lowest BCUT2D eigenvalue weighted by atomic mass is 9.56. The number of carbonyl (C=O) groups is 1. The molecule has 1 N–H and O–H groups in total. The largest absolute Gasteiger partial charge is 0.395 e. The molecule has 4 saturated carbocycles. The van der Waals surface area contributed by atoms with Gasteiger partial charge in [-0.1, -0.05) is 33.3 Å². The van der Waals surface area contributed by atoms with Crippen molar-refractivity contribution in [3.63, 3.8) is 0 Å². The molecule has 188 valence electrons. The average Bonchev–Trinajstić information content (AvgIpc) is 3.13. The summed E-state index contributed by atoms with van der Waals surface area (Å²) in [4.78, 5) is 14.8. The summed E-state index contributed by atoms with van der Waals surface area (Å²) in [6.45, 7) is 12.1. The molecule has 0 aromatic carbocycles. The van der Waals surface area contributed by atoms with E-state index in [2.05, 4.69) is 38.7 Å². The lowest BCUT2D eigenvalue weighted by molar-refractivity contribution is -0.148. The minimum absolute atomic E-state index is 0.00615. The number of hydrogen-bond acceptors (Lipinski definition) is 4. The van der Waals surface area contributed by atoms with Gasteiger partial charge in [0, 0.05) is 36.9 Å². The first kappa shape index (κ1) is 22.5. The summed E-state index contributed by atoms with van der Waals surface area (Å²) in [6, 6.07) is 0.467. The Labute approximate surface area is 205 Å². The summed E-state index contributed by atoms with van der Waals surface area (Å²) in [5.74, 6) is 4.00. The first-order valence-electron chi connectivity index (χ1n) is 14.5. The molecule has 0 radical (unpaired) electrons. The molecule has 2 aliphatic heterocycles. The van der Waals surface area contributed by atoms with E-state index in [1.807, 2.05) is 0 Å². The van der Waals surface area contributed by atoms with Gasteiger partial charge in [0.2, 0.25) is 0 Å².